The van der Waals surface area contributed by atoms with Gasteiger partial charge >= 0.3 is 0 Å². The lowest BCUT2D eigenvalue weighted by molar-refractivity contribution is 1.18. The van der Waals surface area contributed by atoms with Gasteiger partial charge in [-0.05, 0) is 53.1 Å². The van der Waals surface area contributed by atoms with Crippen molar-refractivity contribution in [3.05, 3.63) is 194 Å². The van der Waals surface area contributed by atoms with Crippen LogP contribution in [0.5, 0.6) is 0 Å². The summed E-state index contributed by atoms with van der Waals surface area (Å²) in [6, 6.07) is 70.3. The first kappa shape index (κ1) is 28.4. The molecular formula is C48H32N2. The Balaban J connectivity index is 1.25. The Hall–Kier alpha value is -6.64. The van der Waals surface area contributed by atoms with Gasteiger partial charge < -0.3 is 9.13 Å². The standard InChI is InChI=1S/C48H32N2/c1-3-16-33(17-4-1)36-20-7-11-26-43(36)49-45-28-13-10-23-40(45)42-32-35(30-31-47(42)49)38-24-15-25-41-39-22-9-14-29-46(39)50(48(38)41)44-27-12-8-21-37(44)34-18-5-2-6-19-34/h1-32H. The van der Waals surface area contributed by atoms with Gasteiger partial charge in [-0.1, -0.05) is 158 Å². The monoisotopic (exact) mass is 636 g/mol. The summed E-state index contributed by atoms with van der Waals surface area (Å²) in [7, 11) is 0. The molecule has 234 valence electrons. The number of para-hydroxylation sites is 5. The van der Waals surface area contributed by atoms with Crippen molar-refractivity contribution in [1.82, 2.24) is 9.13 Å². The highest BCUT2D eigenvalue weighted by Crippen LogP contribution is 2.43. The fraction of sp³-hybridized carbons (Fsp3) is 0. The van der Waals surface area contributed by atoms with Crippen LogP contribution in [-0.4, -0.2) is 9.13 Å². The molecule has 10 rings (SSSR count). The molecule has 10 aromatic rings. The number of aromatic nitrogens is 2. The number of hydrogen-bond donors (Lipinski definition) is 0. The molecule has 2 heteroatoms. The van der Waals surface area contributed by atoms with Crippen LogP contribution in [0.4, 0.5) is 0 Å². The maximum atomic E-state index is 2.48. The highest BCUT2D eigenvalue weighted by molar-refractivity contribution is 6.16. The van der Waals surface area contributed by atoms with Crippen LogP contribution in [0.1, 0.15) is 0 Å². The van der Waals surface area contributed by atoms with Crippen LogP contribution < -0.4 is 0 Å². The van der Waals surface area contributed by atoms with Gasteiger partial charge in [0, 0.05) is 38.2 Å². The van der Waals surface area contributed by atoms with Gasteiger partial charge in [-0.25, -0.2) is 0 Å². The van der Waals surface area contributed by atoms with Crippen molar-refractivity contribution < 1.29 is 0 Å². The number of hydrogen-bond acceptors (Lipinski definition) is 0. The molecule has 0 aliphatic rings. The Labute approximate surface area is 290 Å². The van der Waals surface area contributed by atoms with Crippen molar-refractivity contribution in [1.29, 1.82) is 0 Å². The van der Waals surface area contributed by atoms with Crippen molar-refractivity contribution in [2.75, 3.05) is 0 Å². The highest BCUT2D eigenvalue weighted by Gasteiger charge is 2.20. The first-order valence-corrected chi connectivity index (χ1v) is 17.2. The van der Waals surface area contributed by atoms with Crippen molar-refractivity contribution in [3.8, 4) is 44.8 Å². The average molecular weight is 637 g/mol. The highest BCUT2D eigenvalue weighted by atomic mass is 15.0. The number of nitrogens with zero attached hydrogens (tertiary/aromatic N) is 2. The molecule has 0 radical (unpaired) electrons. The summed E-state index contributed by atoms with van der Waals surface area (Å²) in [4.78, 5) is 0. The lowest BCUT2D eigenvalue weighted by atomic mass is 9.99. The summed E-state index contributed by atoms with van der Waals surface area (Å²) in [5, 5.41) is 4.99. The van der Waals surface area contributed by atoms with Gasteiger partial charge in [0.15, 0.2) is 0 Å². The Morgan fingerprint density at radius 3 is 1.38 bits per heavy atom. The minimum atomic E-state index is 1.17. The Kier molecular flexibility index (Phi) is 6.53. The molecule has 0 saturated carbocycles. The summed E-state index contributed by atoms with van der Waals surface area (Å²) < 4.78 is 4.91. The molecule has 0 saturated heterocycles. The van der Waals surface area contributed by atoms with Crippen LogP contribution in [0, 0.1) is 0 Å². The average Bonchev–Trinajstić information content (AvgIpc) is 3.71. The van der Waals surface area contributed by atoms with Gasteiger partial charge in [0.1, 0.15) is 0 Å². The molecule has 8 aromatic carbocycles. The van der Waals surface area contributed by atoms with Crippen molar-refractivity contribution in [2.45, 2.75) is 0 Å². The Bertz CT molecular complexity index is 2860. The quantitative estimate of drug-likeness (QED) is 0.178. The summed E-state index contributed by atoms with van der Waals surface area (Å²) in [6.45, 7) is 0. The maximum Gasteiger partial charge on any atom is 0.0619 e. The summed E-state index contributed by atoms with van der Waals surface area (Å²) in [5.41, 5.74) is 14.4. The molecule has 0 bridgehead atoms. The number of rotatable bonds is 5. The first-order chi connectivity index (χ1) is 24.8. The topological polar surface area (TPSA) is 9.86 Å². The van der Waals surface area contributed by atoms with Crippen LogP contribution in [0.3, 0.4) is 0 Å². The van der Waals surface area contributed by atoms with Crippen molar-refractivity contribution in [2.24, 2.45) is 0 Å². The van der Waals surface area contributed by atoms with Crippen LogP contribution >= 0.6 is 0 Å². The maximum absolute atomic E-state index is 2.48. The SMILES string of the molecule is c1ccc(-c2ccccc2-n2c3ccccc3c3cc(-c4cccc5c6ccccc6n(-c6ccccc6-c6ccccc6)c45)ccc32)cc1. The zero-order valence-corrected chi connectivity index (χ0v) is 27.4. The molecule has 0 aliphatic carbocycles. The molecular weight excluding hydrogens is 605 g/mol. The van der Waals surface area contributed by atoms with Gasteiger partial charge in [-0.15, -0.1) is 0 Å². The zero-order chi connectivity index (χ0) is 33.0. The third kappa shape index (κ3) is 4.36. The van der Waals surface area contributed by atoms with E-state index in [-0.39, 0.29) is 0 Å². The van der Waals surface area contributed by atoms with E-state index in [2.05, 4.69) is 203 Å². The third-order valence-electron chi connectivity index (χ3n) is 10.1. The molecule has 50 heavy (non-hydrogen) atoms. The Morgan fingerprint density at radius 1 is 0.260 bits per heavy atom. The van der Waals surface area contributed by atoms with E-state index in [0.717, 1.165) is 0 Å². The molecule has 0 amide bonds. The van der Waals surface area contributed by atoms with Gasteiger partial charge in [0.2, 0.25) is 0 Å². The van der Waals surface area contributed by atoms with Crippen molar-refractivity contribution in [3.63, 3.8) is 0 Å². The summed E-state index contributed by atoms with van der Waals surface area (Å²) in [6.07, 6.45) is 0. The number of benzene rings is 8. The van der Waals surface area contributed by atoms with Crippen LogP contribution in [-0.2, 0) is 0 Å². The molecule has 2 nitrogen and oxygen atoms in total. The van der Waals surface area contributed by atoms with Gasteiger partial charge in [0.05, 0.1) is 33.4 Å². The van der Waals surface area contributed by atoms with Crippen molar-refractivity contribution >= 4 is 43.6 Å². The summed E-state index contributed by atoms with van der Waals surface area (Å²) in [5.74, 6) is 0. The fourth-order valence-corrected chi connectivity index (χ4v) is 7.96. The zero-order valence-electron chi connectivity index (χ0n) is 27.4. The molecule has 2 heterocycles. The molecule has 0 fully saturated rings. The second-order valence-corrected chi connectivity index (χ2v) is 12.9. The van der Waals surface area contributed by atoms with E-state index in [1.165, 1.54) is 88.4 Å². The molecule has 2 aromatic heterocycles. The second kappa shape index (κ2) is 11.5. The minimum Gasteiger partial charge on any atom is -0.309 e. The third-order valence-corrected chi connectivity index (χ3v) is 10.1. The molecule has 0 atom stereocenters. The van der Waals surface area contributed by atoms with E-state index < -0.39 is 0 Å². The lowest BCUT2D eigenvalue weighted by Crippen LogP contribution is -1.98. The van der Waals surface area contributed by atoms with Gasteiger partial charge in [-0.3, -0.25) is 0 Å². The predicted octanol–water partition coefficient (Wildman–Crippen LogP) is 12.9. The second-order valence-electron chi connectivity index (χ2n) is 12.9. The Morgan fingerprint density at radius 2 is 0.720 bits per heavy atom. The molecule has 0 spiro atoms. The number of fused-ring (bicyclic) bond motifs is 6. The van der Waals surface area contributed by atoms with Crippen LogP contribution in [0.25, 0.3) is 88.4 Å². The van der Waals surface area contributed by atoms with Gasteiger partial charge in [-0.2, -0.15) is 0 Å². The van der Waals surface area contributed by atoms with Gasteiger partial charge in [0.25, 0.3) is 0 Å². The fourth-order valence-electron chi connectivity index (χ4n) is 7.96. The smallest absolute Gasteiger partial charge is 0.0619 e. The van der Waals surface area contributed by atoms with E-state index in [0.29, 0.717) is 0 Å². The normalized spacial score (nSPS) is 11.6. The van der Waals surface area contributed by atoms with E-state index in [1.807, 2.05) is 0 Å². The van der Waals surface area contributed by atoms with E-state index in [9.17, 15) is 0 Å². The first-order valence-electron chi connectivity index (χ1n) is 17.2. The van der Waals surface area contributed by atoms with Crippen LogP contribution in [0.2, 0.25) is 0 Å². The predicted molar refractivity (Wildman–Crippen MR) is 211 cm³/mol. The van der Waals surface area contributed by atoms with E-state index in [4.69, 9.17) is 0 Å². The molecule has 0 unspecified atom stereocenters. The molecule has 0 aliphatic heterocycles. The molecule has 0 N–H and O–H groups in total. The summed E-state index contributed by atoms with van der Waals surface area (Å²) >= 11 is 0. The van der Waals surface area contributed by atoms with E-state index >= 15 is 0 Å². The van der Waals surface area contributed by atoms with E-state index in [1.54, 1.807) is 0 Å². The lowest BCUT2D eigenvalue weighted by Gasteiger charge is -2.16. The van der Waals surface area contributed by atoms with Crippen LogP contribution in [0.15, 0.2) is 194 Å². The minimum absolute atomic E-state index is 1.17. The largest absolute Gasteiger partial charge is 0.309 e.